The number of carbonyl (C=O) groups is 2. The first-order valence-corrected chi connectivity index (χ1v) is 20.6. The topological polar surface area (TPSA) is 145 Å². The molecule has 2 amide bonds. The summed E-state index contributed by atoms with van der Waals surface area (Å²) in [6.45, 7) is 4.89. The molecule has 0 spiro atoms. The van der Waals surface area contributed by atoms with Crippen LogP contribution in [0.15, 0.2) is 0 Å². The van der Waals surface area contributed by atoms with Gasteiger partial charge in [0.15, 0.2) is 0 Å². The molecule has 0 rings (SSSR count). The van der Waals surface area contributed by atoms with E-state index in [-0.39, 0.29) is 31.6 Å². The van der Waals surface area contributed by atoms with Crippen molar-refractivity contribution in [3.8, 4) is 0 Å². The third kappa shape index (κ3) is 45.1. The van der Waals surface area contributed by atoms with Gasteiger partial charge in [-0.25, -0.2) is 4.57 Å². The molecule has 0 aromatic rings. The predicted octanol–water partition coefficient (Wildman–Crippen LogP) is 9.27. The van der Waals surface area contributed by atoms with Gasteiger partial charge in [-0.05, 0) is 12.8 Å². The fourth-order valence-electron chi connectivity index (χ4n) is 5.33. The second-order valence-corrected chi connectivity index (χ2v) is 14.0. The molecule has 46 heavy (non-hydrogen) atoms. The summed E-state index contributed by atoms with van der Waals surface area (Å²) in [6.07, 6.45) is 34.9. The summed E-state index contributed by atoms with van der Waals surface area (Å²) in [5, 5.41) is 13.9. The van der Waals surface area contributed by atoms with E-state index in [9.17, 15) is 14.2 Å². The number of nitrogens with one attached hydrogen (secondary N) is 2. The van der Waals surface area contributed by atoms with Crippen molar-refractivity contribution in [1.29, 1.82) is 0 Å². The van der Waals surface area contributed by atoms with Gasteiger partial charge in [0.05, 0.1) is 13.2 Å². The first-order valence-electron chi connectivity index (χ1n) is 19.1. The van der Waals surface area contributed by atoms with Crippen molar-refractivity contribution in [3.05, 3.63) is 0 Å². The first kappa shape index (κ1) is 47.1. The van der Waals surface area contributed by atoms with Gasteiger partial charge < -0.3 is 25.5 Å². The van der Waals surface area contributed by atoms with Crippen LogP contribution in [0.5, 0.6) is 0 Å². The second-order valence-electron chi connectivity index (χ2n) is 12.7. The molecule has 0 aliphatic heterocycles. The molecule has 0 saturated carbocycles. The van der Waals surface area contributed by atoms with Crippen LogP contribution in [0.1, 0.15) is 194 Å². The van der Waals surface area contributed by atoms with E-state index in [0.717, 1.165) is 25.7 Å². The maximum absolute atomic E-state index is 11.5. The van der Waals surface area contributed by atoms with Crippen LogP contribution >= 0.6 is 7.82 Å². The molecule has 5 N–H and O–H groups in total. The molecule has 0 atom stereocenters. The van der Waals surface area contributed by atoms with Crippen molar-refractivity contribution in [2.75, 3.05) is 26.3 Å². The molecule has 276 valence electrons. The van der Waals surface area contributed by atoms with Crippen LogP contribution < -0.4 is 10.6 Å². The summed E-state index contributed by atoms with van der Waals surface area (Å²) >= 11 is 0. The summed E-state index contributed by atoms with van der Waals surface area (Å²) in [7, 11) is -4.43. The number of phosphoric acid groups is 1. The fourth-order valence-corrected chi connectivity index (χ4v) is 5.66. The molecule has 0 aliphatic rings. The van der Waals surface area contributed by atoms with E-state index in [1.165, 1.54) is 141 Å². The number of phosphoric ester groups is 1. The highest BCUT2D eigenvalue weighted by molar-refractivity contribution is 7.46. The summed E-state index contributed by atoms with van der Waals surface area (Å²) in [4.78, 5) is 39.8. The second kappa shape index (κ2) is 38.5. The maximum atomic E-state index is 11.5. The maximum Gasteiger partial charge on any atom is 0.469 e. The van der Waals surface area contributed by atoms with Gasteiger partial charge >= 0.3 is 7.82 Å². The van der Waals surface area contributed by atoms with Crippen molar-refractivity contribution in [1.82, 2.24) is 10.6 Å². The Morgan fingerprint density at radius 1 is 0.500 bits per heavy atom. The number of aliphatic hydroxyl groups is 1. The Bertz CT molecular complexity index is 691. The molecule has 0 aromatic carbocycles. The van der Waals surface area contributed by atoms with Crippen LogP contribution in [0.4, 0.5) is 0 Å². The van der Waals surface area contributed by atoms with E-state index >= 15 is 0 Å². The molecule has 0 bridgehead atoms. The first-order chi connectivity index (χ1) is 22.3. The Balaban J connectivity index is 0. The van der Waals surface area contributed by atoms with Crippen molar-refractivity contribution in [3.63, 3.8) is 0 Å². The van der Waals surface area contributed by atoms with Crippen molar-refractivity contribution >= 4 is 19.6 Å². The lowest BCUT2D eigenvalue weighted by atomic mass is 10.0. The zero-order valence-corrected chi connectivity index (χ0v) is 30.9. The Labute approximate surface area is 283 Å². The van der Waals surface area contributed by atoms with Gasteiger partial charge in [-0.3, -0.25) is 14.1 Å². The number of amides is 2. The Hall–Kier alpha value is -0.990. The van der Waals surface area contributed by atoms with Crippen LogP contribution in [-0.4, -0.2) is 53.0 Å². The number of hydrogen-bond acceptors (Lipinski definition) is 5. The lowest BCUT2D eigenvalue weighted by Crippen LogP contribution is -2.26. The third-order valence-electron chi connectivity index (χ3n) is 8.13. The summed E-state index contributed by atoms with van der Waals surface area (Å²) in [5.41, 5.74) is 0. The Morgan fingerprint density at radius 2 is 0.783 bits per heavy atom. The highest BCUT2D eigenvalue weighted by atomic mass is 31.2. The molecule has 0 radical (unpaired) electrons. The van der Waals surface area contributed by atoms with E-state index in [1.807, 2.05) is 0 Å². The van der Waals surface area contributed by atoms with Crippen molar-refractivity contribution < 1.29 is 33.6 Å². The van der Waals surface area contributed by atoms with Crippen LogP contribution in [0.2, 0.25) is 0 Å². The van der Waals surface area contributed by atoms with Crippen molar-refractivity contribution in [2.45, 2.75) is 194 Å². The number of unbranched alkanes of at least 4 members (excludes halogenated alkanes) is 24. The van der Waals surface area contributed by atoms with E-state index < -0.39 is 7.82 Å². The molecule has 9 nitrogen and oxygen atoms in total. The van der Waals surface area contributed by atoms with Gasteiger partial charge in [-0.2, -0.15) is 0 Å². The van der Waals surface area contributed by atoms with Gasteiger partial charge in [0, 0.05) is 25.9 Å². The van der Waals surface area contributed by atoms with Crippen LogP contribution in [0.25, 0.3) is 0 Å². The minimum absolute atomic E-state index is 0.0321. The van der Waals surface area contributed by atoms with Gasteiger partial charge in [0.1, 0.15) is 0 Å². The minimum atomic E-state index is -4.43. The van der Waals surface area contributed by atoms with Crippen LogP contribution in [-0.2, 0) is 18.7 Å². The normalized spacial score (nSPS) is 11.2. The number of hydrogen-bond donors (Lipinski definition) is 5. The summed E-state index contributed by atoms with van der Waals surface area (Å²) in [5.74, 6) is -0.00971. The molecule has 0 aliphatic carbocycles. The average Bonchev–Trinajstić information content (AvgIpc) is 3.02. The van der Waals surface area contributed by atoms with Crippen molar-refractivity contribution in [2.24, 2.45) is 0 Å². The quantitative estimate of drug-likeness (QED) is 0.0337. The SMILES string of the molecule is CCCCCCCCCCCCCCCC(=O)NCCO.CCCCCCCCCCCCCCCC(=O)NCCOP(=O)(O)O. The molecule has 0 fully saturated rings. The fraction of sp³-hybridized carbons (Fsp3) is 0.944. The van der Waals surface area contributed by atoms with Crippen LogP contribution in [0, 0.1) is 0 Å². The lowest BCUT2D eigenvalue weighted by Gasteiger charge is -2.07. The monoisotopic (exact) mass is 679 g/mol. The number of rotatable bonds is 34. The lowest BCUT2D eigenvalue weighted by molar-refractivity contribution is -0.122. The zero-order chi connectivity index (χ0) is 34.4. The molecule has 0 heterocycles. The molecular formula is C36H75N2O7P. The van der Waals surface area contributed by atoms with Gasteiger partial charge in [0.2, 0.25) is 11.8 Å². The van der Waals surface area contributed by atoms with E-state index in [4.69, 9.17) is 14.9 Å². The van der Waals surface area contributed by atoms with Gasteiger partial charge in [0.25, 0.3) is 0 Å². The molecular weight excluding hydrogens is 603 g/mol. The number of aliphatic hydroxyl groups excluding tert-OH is 1. The third-order valence-corrected chi connectivity index (χ3v) is 8.65. The van der Waals surface area contributed by atoms with E-state index in [2.05, 4.69) is 29.0 Å². The molecule has 0 aromatic heterocycles. The predicted molar refractivity (Wildman–Crippen MR) is 192 cm³/mol. The summed E-state index contributed by atoms with van der Waals surface area (Å²) in [6, 6.07) is 0. The average molecular weight is 679 g/mol. The van der Waals surface area contributed by atoms with Crippen LogP contribution in [0.3, 0.4) is 0 Å². The van der Waals surface area contributed by atoms with E-state index in [1.54, 1.807) is 0 Å². The highest BCUT2D eigenvalue weighted by Crippen LogP contribution is 2.35. The minimum Gasteiger partial charge on any atom is -0.395 e. The zero-order valence-electron chi connectivity index (χ0n) is 30.0. The standard InChI is InChI=1S/C18H38NO5P.C18H37NO2/c1-2-3-4-5-6-7-8-9-10-11-12-13-14-15-18(20)19-16-17-24-25(21,22)23;1-2-3-4-5-6-7-8-9-10-11-12-13-14-15-18(21)19-16-17-20/h2-17H2,1H3,(H,19,20)(H2,21,22,23);20H,2-17H2,1H3,(H,19,21). The largest absolute Gasteiger partial charge is 0.469 e. The van der Waals surface area contributed by atoms with Gasteiger partial charge in [-0.1, -0.05) is 168 Å². The number of carbonyl (C=O) groups excluding carboxylic acids is 2. The van der Waals surface area contributed by atoms with E-state index in [0.29, 0.717) is 19.4 Å². The molecule has 10 heteroatoms. The van der Waals surface area contributed by atoms with Gasteiger partial charge in [-0.15, -0.1) is 0 Å². The Kier molecular flexibility index (Phi) is 39.4. The Morgan fingerprint density at radius 3 is 1.07 bits per heavy atom. The molecule has 0 unspecified atom stereocenters. The highest BCUT2D eigenvalue weighted by Gasteiger charge is 2.12. The molecule has 0 saturated heterocycles. The summed E-state index contributed by atoms with van der Waals surface area (Å²) < 4.78 is 14.7. The smallest absolute Gasteiger partial charge is 0.395 e.